The molecular weight excluding hydrogens is 232 g/mol. The summed E-state index contributed by atoms with van der Waals surface area (Å²) >= 11 is 0. The summed E-state index contributed by atoms with van der Waals surface area (Å²) in [5.74, 6) is 0.828. The first-order chi connectivity index (χ1) is 8.69. The van der Waals surface area contributed by atoms with Crippen molar-refractivity contribution in [3.05, 3.63) is 64.2 Å². The standard InChI is InChI=1S/C13H8N2O3/c14-9-10-3-1-5-12(7-10)18-13-6-2-4-11(8-13)15(16)17/h1-8H. The van der Waals surface area contributed by atoms with Crippen LogP contribution in [0.4, 0.5) is 5.69 Å². The normalized spacial score (nSPS) is 9.50. The Morgan fingerprint density at radius 1 is 1.11 bits per heavy atom. The predicted octanol–water partition coefficient (Wildman–Crippen LogP) is 3.26. The third-order valence-corrected chi connectivity index (χ3v) is 2.23. The van der Waals surface area contributed by atoms with E-state index in [4.69, 9.17) is 10.00 Å². The second-order valence-electron chi connectivity index (χ2n) is 3.50. The van der Waals surface area contributed by atoms with Crippen LogP contribution < -0.4 is 4.74 Å². The molecule has 5 heteroatoms. The van der Waals surface area contributed by atoms with Gasteiger partial charge in [-0.25, -0.2) is 0 Å². The Morgan fingerprint density at radius 3 is 2.44 bits per heavy atom. The summed E-state index contributed by atoms with van der Waals surface area (Å²) in [6.45, 7) is 0. The molecule has 0 spiro atoms. The maximum Gasteiger partial charge on any atom is 0.273 e. The first kappa shape index (κ1) is 11.6. The van der Waals surface area contributed by atoms with Gasteiger partial charge in [-0.2, -0.15) is 5.26 Å². The molecule has 0 aliphatic rings. The fraction of sp³-hybridized carbons (Fsp3) is 0. The summed E-state index contributed by atoms with van der Waals surface area (Å²) in [5.41, 5.74) is 0.432. The Hall–Kier alpha value is -2.87. The van der Waals surface area contributed by atoms with Crippen molar-refractivity contribution < 1.29 is 9.66 Å². The Labute approximate surface area is 103 Å². The lowest BCUT2D eigenvalue weighted by molar-refractivity contribution is -0.384. The van der Waals surface area contributed by atoms with Crippen molar-refractivity contribution in [2.24, 2.45) is 0 Å². The summed E-state index contributed by atoms with van der Waals surface area (Å²) in [6, 6.07) is 14.5. The minimum atomic E-state index is -0.488. The second kappa shape index (κ2) is 4.97. The summed E-state index contributed by atoms with van der Waals surface area (Å²) in [6.07, 6.45) is 0. The number of non-ortho nitro benzene ring substituents is 1. The molecule has 2 aromatic carbocycles. The van der Waals surface area contributed by atoms with Crippen molar-refractivity contribution in [3.63, 3.8) is 0 Å². The van der Waals surface area contributed by atoms with Gasteiger partial charge >= 0.3 is 0 Å². The van der Waals surface area contributed by atoms with Crippen LogP contribution >= 0.6 is 0 Å². The molecule has 0 atom stereocenters. The monoisotopic (exact) mass is 240 g/mol. The Balaban J connectivity index is 2.26. The largest absolute Gasteiger partial charge is 0.457 e. The quantitative estimate of drug-likeness (QED) is 0.609. The maximum absolute atomic E-state index is 10.6. The lowest BCUT2D eigenvalue weighted by atomic mass is 10.2. The smallest absolute Gasteiger partial charge is 0.273 e. The van der Waals surface area contributed by atoms with Crippen LogP contribution in [0.25, 0.3) is 0 Å². The Kier molecular flexibility index (Phi) is 3.21. The fourth-order valence-electron chi connectivity index (χ4n) is 1.43. The van der Waals surface area contributed by atoms with E-state index in [-0.39, 0.29) is 5.69 Å². The lowest BCUT2D eigenvalue weighted by Gasteiger charge is -2.05. The van der Waals surface area contributed by atoms with Gasteiger partial charge in [0.05, 0.1) is 22.6 Å². The molecular formula is C13H8N2O3. The van der Waals surface area contributed by atoms with Crippen LogP contribution in [0.3, 0.4) is 0 Å². The van der Waals surface area contributed by atoms with Crippen LogP contribution in [0.2, 0.25) is 0 Å². The van der Waals surface area contributed by atoms with Gasteiger partial charge in [-0.05, 0) is 24.3 Å². The molecule has 2 aromatic rings. The number of nitriles is 1. The molecule has 0 aromatic heterocycles. The molecule has 2 rings (SSSR count). The molecule has 0 bridgehead atoms. The van der Waals surface area contributed by atoms with E-state index in [2.05, 4.69) is 0 Å². The van der Waals surface area contributed by atoms with E-state index in [1.807, 2.05) is 6.07 Å². The van der Waals surface area contributed by atoms with Crippen LogP contribution in [0, 0.1) is 21.4 Å². The SMILES string of the molecule is N#Cc1cccc(Oc2cccc([N+](=O)[O-])c2)c1. The predicted molar refractivity (Wildman–Crippen MR) is 64.3 cm³/mol. The van der Waals surface area contributed by atoms with E-state index in [0.29, 0.717) is 17.1 Å². The van der Waals surface area contributed by atoms with Crippen molar-refractivity contribution in [2.45, 2.75) is 0 Å². The van der Waals surface area contributed by atoms with Crippen molar-refractivity contribution in [3.8, 4) is 17.6 Å². The number of hydrogen-bond donors (Lipinski definition) is 0. The topological polar surface area (TPSA) is 76.2 Å². The van der Waals surface area contributed by atoms with Gasteiger partial charge < -0.3 is 4.74 Å². The summed E-state index contributed by atoms with van der Waals surface area (Å²) < 4.78 is 5.46. The van der Waals surface area contributed by atoms with Crippen LogP contribution in [-0.4, -0.2) is 4.92 Å². The van der Waals surface area contributed by atoms with Crippen molar-refractivity contribution in [1.82, 2.24) is 0 Å². The van der Waals surface area contributed by atoms with Crippen LogP contribution in [0.1, 0.15) is 5.56 Å². The van der Waals surface area contributed by atoms with Crippen LogP contribution in [-0.2, 0) is 0 Å². The minimum Gasteiger partial charge on any atom is -0.457 e. The molecule has 0 radical (unpaired) electrons. The van der Waals surface area contributed by atoms with Crippen molar-refractivity contribution in [2.75, 3.05) is 0 Å². The summed E-state index contributed by atoms with van der Waals surface area (Å²) in [4.78, 5) is 10.1. The highest BCUT2D eigenvalue weighted by atomic mass is 16.6. The average Bonchev–Trinajstić information content (AvgIpc) is 2.39. The van der Waals surface area contributed by atoms with Gasteiger partial charge in [-0.1, -0.05) is 12.1 Å². The van der Waals surface area contributed by atoms with E-state index in [0.717, 1.165) is 0 Å². The number of benzene rings is 2. The number of nitro benzene ring substituents is 1. The first-order valence-corrected chi connectivity index (χ1v) is 5.11. The Bertz CT molecular complexity index is 632. The first-order valence-electron chi connectivity index (χ1n) is 5.11. The highest BCUT2D eigenvalue weighted by Gasteiger charge is 2.07. The summed E-state index contributed by atoms with van der Waals surface area (Å²) in [5, 5.41) is 19.4. The molecule has 0 saturated heterocycles. The van der Waals surface area contributed by atoms with Gasteiger partial charge in [0.1, 0.15) is 11.5 Å². The Morgan fingerprint density at radius 2 is 1.78 bits per heavy atom. The molecule has 0 N–H and O–H groups in total. The maximum atomic E-state index is 10.6. The number of nitrogens with zero attached hydrogens (tertiary/aromatic N) is 2. The highest BCUT2D eigenvalue weighted by Crippen LogP contribution is 2.25. The van der Waals surface area contributed by atoms with Gasteiger partial charge in [0, 0.05) is 6.07 Å². The van der Waals surface area contributed by atoms with Crippen molar-refractivity contribution >= 4 is 5.69 Å². The molecule has 0 aliphatic heterocycles. The van der Waals surface area contributed by atoms with Gasteiger partial charge in [0.2, 0.25) is 0 Å². The minimum absolute atomic E-state index is 0.0380. The number of ether oxygens (including phenoxy) is 1. The molecule has 0 fully saturated rings. The molecule has 0 aliphatic carbocycles. The van der Waals surface area contributed by atoms with Crippen LogP contribution in [0.5, 0.6) is 11.5 Å². The number of hydrogen-bond acceptors (Lipinski definition) is 4. The average molecular weight is 240 g/mol. The van der Waals surface area contributed by atoms with Gasteiger partial charge in [0.25, 0.3) is 5.69 Å². The number of rotatable bonds is 3. The summed E-state index contributed by atoms with van der Waals surface area (Å²) in [7, 11) is 0. The van der Waals surface area contributed by atoms with Crippen molar-refractivity contribution in [1.29, 1.82) is 5.26 Å². The van der Waals surface area contributed by atoms with E-state index in [1.54, 1.807) is 36.4 Å². The molecule has 0 saturated carbocycles. The molecule has 0 heterocycles. The molecule has 88 valence electrons. The second-order valence-corrected chi connectivity index (χ2v) is 3.50. The number of nitro groups is 1. The van der Waals surface area contributed by atoms with Crippen LogP contribution in [0.15, 0.2) is 48.5 Å². The zero-order valence-electron chi connectivity index (χ0n) is 9.24. The molecule has 0 amide bonds. The molecule has 18 heavy (non-hydrogen) atoms. The van der Waals surface area contributed by atoms with E-state index < -0.39 is 4.92 Å². The van der Waals surface area contributed by atoms with Gasteiger partial charge in [-0.15, -0.1) is 0 Å². The fourth-order valence-corrected chi connectivity index (χ4v) is 1.43. The lowest BCUT2D eigenvalue weighted by Crippen LogP contribution is -1.89. The van der Waals surface area contributed by atoms with E-state index in [1.165, 1.54) is 12.1 Å². The zero-order chi connectivity index (χ0) is 13.0. The highest BCUT2D eigenvalue weighted by molar-refractivity contribution is 5.42. The molecule has 5 nitrogen and oxygen atoms in total. The van der Waals surface area contributed by atoms with Gasteiger partial charge in [-0.3, -0.25) is 10.1 Å². The zero-order valence-corrected chi connectivity index (χ0v) is 9.24. The van der Waals surface area contributed by atoms with Gasteiger partial charge in [0.15, 0.2) is 0 Å². The molecule has 0 unspecified atom stereocenters. The third kappa shape index (κ3) is 2.62. The third-order valence-electron chi connectivity index (χ3n) is 2.23. The van der Waals surface area contributed by atoms with E-state index >= 15 is 0 Å². The van der Waals surface area contributed by atoms with E-state index in [9.17, 15) is 10.1 Å².